The SMILES string of the molecule is CC(C)CCCC(C)C1CCC2C3CC=C4C[CH-]CC[C@]4(C)C3CC[C@]12C.CO[Si](C)(C)CCCOc1cc[c-]cc1.[O]=[Co]. The van der Waals surface area contributed by atoms with Gasteiger partial charge in [0, 0.05) is 12.9 Å². The van der Waals surface area contributed by atoms with E-state index in [0.29, 0.717) is 10.8 Å². The predicted molar refractivity (Wildman–Crippen MR) is 183 cm³/mol. The van der Waals surface area contributed by atoms with Crippen LogP contribution < -0.4 is 4.74 Å². The van der Waals surface area contributed by atoms with E-state index in [1.165, 1.54) is 70.6 Å². The molecule has 0 aliphatic heterocycles. The summed E-state index contributed by atoms with van der Waals surface area (Å²) in [7, 11) is 0.404. The Labute approximate surface area is 281 Å². The van der Waals surface area contributed by atoms with Gasteiger partial charge >= 0.3 is 19.5 Å². The van der Waals surface area contributed by atoms with E-state index in [1.54, 1.807) is 7.11 Å². The van der Waals surface area contributed by atoms with Crippen LogP contribution in [0.25, 0.3) is 0 Å². The van der Waals surface area contributed by atoms with Crippen molar-refractivity contribution in [3.63, 3.8) is 0 Å². The van der Waals surface area contributed by atoms with Crippen LogP contribution in [-0.4, -0.2) is 22.0 Å². The molecule has 0 bridgehead atoms. The van der Waals surface area contributed by atoms with Crippen molar-refractivity contribution in [2.45, 2.75) is 131 Å². The molecule has 5 unspecified atom stereocenters. The third-order valence-electron chi connectivity index (χ3n) is 12.5. The third-order valence-corrected chi connectivity index (χ3v) is 15.2. The summed E-state index contributed by atoms with van der Waals surface area (Å²) in [5, 5.41) is 0. The molecule has 7 atom stereocenters. The zero-order chi connectivity index (χ0) is 32.4. The van der Waals surface area contributed by atoms with Crippen molar-refractivity contribution in [2.75, 3.05) is 13.7 Å². The summed E-state index contributed by atoms with van der Waals surface area (Å²) in [5.74, 6) is 6.71. The molecule has 0 heterocycles. The quantitative estimate of drug-likeness (QED) is 0.102. The van der Waals surface area contributed by atoms with Crippen LogP contribution in [0.3, 0.4) is 0 Å². The Kier molecular flexibility index (Phi) is 14.9. The zero-order valence-corrected chi connectivity index (χ0v) is 31.4. The Morgan fingerprint density at radius 2 is 1.75 bits per heavy atom. The molecule has 0 radical (unpaired) electrons. The topological polar surface area (TPSA) is 35.5 Å². The van der Waals surface area contributed by atoms with Crippen LogP contribution in [0.5, 0.6) is 5.75 Å². The zero-order valence-electron chi connectivity index (χ0n) is 29.4. The summed E-state index contributed by atoms with van der Waals surface area (Å²) < 4.78 is 19.0. The van der Waals surface area contributed by atoms with Crippen molar-refractivity contribution in [3.8, 4) is 5.75 Å². The Bertz CT molecular complexity index is 1010. The number of allylic oxidation sites excluding steroid dienone is 2. The molecule has 3 fully saturated rings. The number of hydrogen-bond donors (Lipinski definition) is 0. The Balaban J connectivity index is 0.000000265. The van der Waals surface area contributed by atoms with E-state index in [0.717, 1.165) is 60.3 Å². The molecule has 0 N–H and O–H groups in total. The molecule has 253 valence electrons. The van der Waals surface area contributed by atoms with Crippen molar-refractivity contribution in [2.24, 2.45) is 46.3 Å². The van der Waals surface area contributed by atoms with Gasteiger partial charge in [-0.25, -0.2) is 0 Å². The Morgan fingerprint density at radius 3 is 2.43 bits per heavy atom. The molecule has 3 nitrogen and oxygen atoms in total. The van der Waals surface area contributed by atoms with Crippen LogP contribution in [-0.2, 0) is 24.0 Å². The van der Waals surface area contributed by atoms with Crippen molar-refractivity contribution < 1.29 is 28.7 Å². The van der Waals surface area contributed by atoms with Gasteiger partial charge in [-0.05, 0) is 104 Å². The van der Waals surface area contributed by atoms with E-state index in [1.807, 2.05) is 29.8 Å². The number of ether oxygens (including phenoxy) is 1. The minimum atomic E-state index is -1.40. The third kappa shape index (κ3) is 9.41. The van der Waals surface area contributed by atoms with Gasteiger partial charge in [-0.1, -0.05) is 72.0 Å². The predicted octanol–water partition coefficient (Wildman–Crippen LogP) is 11.2. The Morgan fingerprint density at radius 1 is 1.02 bits per heavy atom. The van der Waals surface area contributed by atoms with Crippen molar-refractivity contribution in [1.82, 2.24) is 0 Å². The standard InChI is InChI=1S/C27H45.C12H19O2Si.Co.O/c1-19(2)9-8-10-20(3)23-14-15-24-22-13-12-21-11-6-7-17-26(21,4)25(22)16-18-27(23,24)5;1-13-15(2,3)11-7-10-14-12-8-5-4-6-9-12;;/h6,12,19-20,22-25H,7-11,13-18H2,1-5H3;5-6,8-9H,7,10-11H2,1-3H3;;/q2*-1;;/t20?,22?,23?,24?,25?,26-,27+;;;/m0.../s1. The van der Waals surface area contributed by atoms with E-state index in [-0.39, 0.29) is 0 Å². The summed E-state index contributed by atoms with van der Waals surface area (Å²) >= 11 is 2.31. The monoisotopic (exact) mass is 667 g/mol. The van der Waals surface area contributed by atoms with Crippen LogP contribution in [0.2, 0.25) is 19.1 Å². The molecule has 0 saturated heterocycles. The van der Waals surface area contributed by atoms with Crippen molar-refractivity contribution in [3.05, 3.63) is 48.4 Å². The van der Waals surface area contributed by atoms with E-state index in [9.17, 15) is 0 Å². The fourth-order valence-electron chi connectivity index (χ4n) is 9.76. The number of hydrogen-bond acceptors (Lipinski definition) is 3. The molecule has 0 spiro atoms. The first kappa shape index (κ1) is 37.7. The maximum absolute atomic E-state index is 7.94. The summed E-state index contributed by atoms with van der Waals surface area (Å²) in [6.45, 7) is 18.0. The average Bonchev–Trinajstić information content (AvgIpc) is 3.38. The second kappa shape index (κ2) is 17.4. The van der Waals surface area contributed by atoms with Gasteiger partial charge in [-0.15, -0.1) is 12.1 Å². The molecule has 0 amide bonds. The summed E-state index contributed by atoms with van der Waals surface area (Å²) in [6.07, 6.45) is 22.2. The molecule has 1 aromatic carbocycles. The van der Waals surface area contributed by atoms with Gasteiger partial charge in [-0.3, -0.25) is 0 Å². The van der Waals surface area contributed by atoms with E-state index >= 15 is 0 Å². The molecule has 44 heavy (non-hydrogen) atoms. The first-order valence-corrected chi connectivity index (χ1v) is 21.3. The van der Waals surface area contributed by atoms with Crippen LogP contribution in [0.15, 0.2) is 35.9 Å². The summed E-state index contributed by atoms with van der Waals surface area (Å²) in [5.41, 5.74) is 3.00. The first-order valence-electron chi connectivity index (χ1n) is 17.8. The van der Waals surface area contributed by atoms with Crippen LogP contribution in [0.1, 0.15) is 112 Å². The fraction of sp³-hybridized carbons (Fsp3) is 0.769. The molecule has 4 aliphatic carbocycles. The molecular formula is C39H64CoO3Si-2. The van der Waals surface area contributed by atoms with E-state index in [2.05, 4.69) is 81.9 Å². The van der Waals surface area contributed by atoms with Gasteiger partial charge in [0.05, 0.1) is 6.61 Å². The Hall–Kier alpha value is -0.757. The molecule has 4 aliphatic rings. The maximum atomic E-state index is 7.94. The van der Waals surface area contributed by atoms with Crippen LogP contribution >= 0.6 is 0 Å². The molecular weight excluding hydrogens is 603 g/mol. The second-order valence-corrected chi connectivity index (χ2v) is 20.4. The second-order valence-electron chi connectivity index (χ2n) is 16.0. The van der Waals surface area contributed by atoms with Crippen molar-refractivity contribution >= 4 is 8.32 Å². The number of benzene rings is 1. The first-order chi connectivity index (χ1) is 21.0. The van der Waals surface area contributed by atoms with E-state index in [4.69, 9.17) is 13.0 Å². The van der Waals surface area contributed by atoms with Gasteiger partial charge < -0.3 is 15.6 Å². The molecule has 5 heteroatoms. The minimum absolute atomic E-state index is 0.542. The van der Waals surface area contributed by atoms with Crippen LogP contribution in [0.4, 0.5) is 0 Å². The normalized spacial score (nSPS) is 31.6. The molecule has 0 aromatic heterocycles. The molecule has 1 aromatic rings. The fourth-order valence-corrected chi connectivity index (χ4v) is 11.0. The van der Waals surface area contributed by atoms with Crippen LogP contribution in [0, 0.1) is 58.8 Å². The van der Waals surface area contributed by atoms with Gasteiger partial charge in [0.15, 0.2) is 8.32 Å². The average molecular weight is 668 g/mol. The van der Waals surface area contributed by atoms with Gasteiger partial charge in [0.1, 0.15) is 0 Å². The number of rotatable bonds is 11. The molecule has 3 saturated carbocycles. The van der Waals surface area contributed by atoms with Gasteiger partial charge in [-0.2, -0.15) is 31.0 Å². The summed E-state index contributed by atoms with van der Waals surface area (Å²) in [4.78, 5) is 0. The summed E-state index contributed by atoms with van der Waals surface area (Å²) in [6, 6.07) is 11.7. The van der Waals surface area contributed by atoms with E-state index < -0.39 is 8.32 Å². The van der Waals surface area contributed by atoms with Gasteiger partial charge in [0.2, 0.25) is 0 Å². The number of fused-ring (bicyclic) bond motifs is 5. The molecule has 5 rings (SSSR count). The van der Waals surface area contributed by atoms with Gasteiger partial charge in [0.25, 0.3) is 0 Å². The van der Waals surface area contributed by atoms with Crippen molar-refractivity contribution in [1.29, 1.82) is 0 Å².